The van der Waals surface area contributed by atoms with Crippen molar-refractivity contribution in [1.29, 1.82) is 0 Å². The van der Waals surface area contributed by atoms with E-state index >= 15 is 0 Å². The van der Waals surface area contributed by atoms with Crippen LogP contribution in [0.5, 0.6) is 0 Å². The van der Waals surface area contributed by atoms with E-state index in [-0.39, 0.29) is 17.4 Å². The molecule has 1 saturated carbocycles. The molecule has 1 fully saturated rings. The standard InChI is InChI=1S/C14H21N5O2/c1-19(2)13(21)14(5-3-4-6-14)9-18-12(20)10-11(15)17-8-7-16-10/h7-8H,3-6,9H2,1-2H3,(H2,15,17)(H,18,20). The van der Waals surface area contributed by atoms with Crippen molar-refractivity contribution in [3.63, 3.8) is 0 Å². The predicted molar refractivity (Wildman–Crippen MR) is 78.4 cm³/mol. The maximum Gasteiger partial charge on any atom is 0.273 e. The van der Waals surface area contributed by atoms with Gasteiger partial charge in [-0.25, -0.2) is 9.97 Å². The van der Waals surface area contributed by atoms with Crippen LogP contribution in [0.1, 0.15) is 36.2 Å². The van der Waals surface area contributed by atoms with Gasteiger partial charge in [0.05, 0.1) is 5.41 Å². The number of anilines is 1. The van der Waals surface area contributed by atoms with Crippen LogP contribution >= 0.6 is 0 Å². The second-order valence-corrected chi connectivity index (χ2v) is 5.66. The average Bonchev–Trinajstić information content (AvgIpc) is 2.94. The maximum absolute atomic E-state index is 12.4. The second kappa shape index (κ2) is 6.07. The molecule has 1 aliphatic carbocycles. The first-order chi connectivity index (χ1) is 9.96. The number of amides is 2. The molecule has 7 nitrogen and oxygen atoms in total. The third-order valence-electron chi connectivity index (χ3n) is 3.95. The van der Waals surface area contributed by atoms with Crippen LogP contribution in [0.3, 0.4) is 0 Å². The van der Waals surface area contributed by atoms with E-state index in [1.165, 1.54) is 12.4 Å². The molecule has 0 unspecified atom stereocenters. The Morgan fingerprint density at radius 3 is 2.48 bits per heavy atom. The number of hydrogen-bond donors (Lipinski definition) is 2. The van der Waals surface area contributed by atoms with Crippen molar-refractivity contribution in [2.45, 2.75) is 25.7 Å². The van der Waals surface area contributed by atoms with E-state index in [0.29, 0.717) is 6.54 Å². The third kappa shape index (κ3) is 3.12. The van der Waals surface area contributed by atoms with E-state index in [4.69, 9.17) is 5.73 Å². The van der Waals surface area contributed by atoms with Gasteiger partial charge in [0.2, 0.25) is 5.91 Å². The summed E-state index contributed by atoms with van der Waals surface area (Å²) in [7, 11) is 3.48. The highest BCUT2D eigenvalue weighted by atomic mass is 16.2. The summed E-state index contributed by atoms with van der Waals surface area (Å²) in [6.45, 7) is 0.304. The molecule has 0 saturated heterocycles. The van der Waals surface area contributed by atoms with E-state index in [0.717, 1.165) is 25.7 Å². The number of nitrogens with two attached hydrogens (primary N) is 1. The van der Waals surface area contributed by atoms with E-state index in [9.17, 15) is 9.59 Å². The van der Waals surface area contributed by atoms with Crippen LogP contribution in [-0.2, 0) is 4.79 Å². The fourth-order valence-corrected chi connectivity index (χ4v) is 2.85. The molecule has 0 radical (unpaired) electrons. The fraction of sp³-hybridized carbons (Fsp3) is 0.571. The molecular weight excluding hydrogens is 270 g/mol. The number of nitrogens with zero attached hydrogens (tertiary/aromatic N) is 3. The van der Waals surface area contributed by atoms with Crippen molar-refractivity contribution in [2.75, 3.05) is 26.4 Å². The highest BCUT2D eigenvalue weighted by Gasteiger charge is 2.42. The van der Waals surface area contributed by atoms with Gasteiger partial charge in [0.15, 0.2) is 11.5 Å². The Balaban J connectivity index is 2.08. The predicted octanol–water partition coefficient (Wildman–Crippen LogP) is 0.437. The van der Waals surface area contributed by atoms with Gasteiger partial charge in [0, 0.05) is 33.0 Å². The quantitative estimate of drug-likeness (QED) is 0.838. The molecule has 114 valence electrons. The summed E-state index contributed by atoms with van der Waals surface area (Å²) in [4.78, 5) is 33.9. The smallest absolute Gasteiger partial charge is 0.273 e. The molecule has 2 amide bonds. The van der Waals surface area contributed by atoms with Crippen LogP contribution in [0.2, 0.25) is 0 Å². The Morgan fingerprint density at radius 1 is 1.29 bits per heavy atom. The topological polar surface area (TPSA) is 101 Å². The van der Waals surface area contributed by atoms with Gasteiger partial charge in [-0.2, -0.15) is 0 Å². The van der Waals surface area contributed by atoms with E-state index in [1.54, 1.807) is 19.0 Å². The Labute approximate surface area is 123 Å². The molecule has 3 N–H and O–H groups in total. The molecular formula is C14H21N5O2. The minimum Gasteiger partial charge on any atom is -0.382 e. The molecule has 0 atom stereocenters. The summed E-state index contributed by atoms with van der Waals surface area (Å²) < 4.78 is 0. The fourth-order valence-electron chi connectivity index (χ4n) is 2.85. The zero-order valence-corrected chi connectivity index (χ0v) is 12.4. The number of carbonyl (C=O) groups excluding carboxylic acids is 2. The highest BCUT2D eigenvalue weighted by molar-refractivity contribution is 5.96. The van der Waals surface area contributed by atoms with Crippen molar-refractivity contribution in [3.8, 4) is 0 Å². The molecule has 1 aliphatic rings. The third-order valence-corrected chi connectivity index (χ3v) is 3.95. The van der Waals surface area contributed by atoms with Gasteiger partial charge in [-0.3, -0.25) is 9.59 Å². The van der Waals surface area contributed by atoms with E-state index < -0.39 is 11.3 Å². The first kappa shape index (κ1) is 15.2. The first-order valence-corrected chi connectivity index (χ1v) is 7.03. The van der Waals surface area contributed by atoms with Crippen molar-refractivity contribution < 1.29 is 9.59 Å². The number of nitrogen functional groups attached to an aromatic ring is 1. The lowest BCUT2D eigenvalue weighted by molar-refractivity contribution is -0.138. The zero-order chi connectivity index (χ0) is 15.5. The monoisotopic (exact) mass is 291 g/mol. The Morgan fingerprint density at radius 2 is 1.90 bits per heavy atom. The van der Waals surface area contributed by atoms with Crippen LogP contribution in [0.15, 0.2) is 12.4 Å². The number of carbonyl (C=O) groups is 2. The molecule has 21 heavy (non-hydrogen) atoms. The summed E-state index contributed by atoms with van der Waals surface area (Å²) in [5.41, 5.74) is 5.23. The van der Waals surface area contributed by atoms with Gasteiger partial charge in [-0.15, -0.1) is 0 Å². The Kier molecular flexibility index (Phi) is 4.40. The average molecular weight is 291 g/mol. The van der Waals surface area contributed by atoms with Crippen molar-refractivity contribution in [3.05, 3.63) is 18.1 Å². The van der Waals surface area contributed by atoms with Crippen molar-refractivity contribution in [1.82, 2.24) is 20.2 Å². The molecule has 0 aromatic carbocycles. The summed E-state index contributed by atoms with van der Waals surface area (Å²) >= 11 is 0. The lowest BCUT2D eigenvalue weighted by atomic mass is 9.84. The lowest BCUT2D eigenvalue weighted by Gasteiger charge is -2.30. The van der Waals surface area contributed by atoms with E-state index in [2.05, 4.69) is 15.3 Å². The minimum atomic E-state index is -0.504. The SMILES string of the molecule is CN(C)C(=O)C1(CNC(=O)c2nccnc2N)CCCC1. The van der Waals surface area contributed by atoms with Crippen LogP contribution < -0.4 is 11.1 Å². The molecule has 1 aromatic rings. The lowest BCUT2D eigenvalue weighted by Crippen LogP contribution is -2.46. The highest BCUT2D eigenvalue weighted by Crippen LogP contribution is 2.38. The molecule has 1 aromatic heterocycles. The van der Waals surface area contributed by atoms with Gasteiger partial charge in [0.1, 0.15) is 0 Å². The number of rotatable bonds is 4. The van der Waals surface area contributed by atoms with Gasteiger partial charge >= 0.3 is 0 Å². The Bertz CT molecular complexity index is 538. The number of hydrogen-bond acceptors (Lipinski definition) is 5. The van der Waals surface area contributed by atoms with Crippen LogP contribution in [-0.4, -0.2) is 47.3 Å². The van der Waals surface area contributed by atoms with Gasteiger partial charge in [0.25, 0.3) is 5.91 Å². The van der Waals surface area contributed by atoms with Crippen LogP contribution in [0.25, 0.3) is 0 Å². The normalized spacial score (nSPS) is 16.5. The molecule has 0 aliphatic heterocycles. The molecule has 2 rings (SSSR count). The van der Waals surface area contributed by atoms with Gasteiger partial charge in [-0.05, 0) is 12.8 Å². The van der Waals surface area contributed by atoms with Gasteiger partial charge in [-0.1, -0.05) is 12.8 Å². The summed E-state index contributed by atoms with van der Waals surface area (Å²) in [6.07, 6.45) is 6.44. The minimum absolute atomic E-state index is 0.0624. The first-order valence-electron chi connectivity index (χ1n) is 7.03. The van der Waals surface area contributed by atoms with Crippen LogP contribution in [0.4, 0.5) is 5.82 Å². The van der Waals surface area contributed by atoms with Crippen molar-refractivity contribution in [2.24, 2.45) is 5.41 Å². The van der Waals surface area contributed by atoms with Gasteiger partial charge < -0.3 is 16.0 Å². The van der Waals surface area contributed by atoms with Crippen molar-refractivity contribution >= 4 is 17.6 Å². The van der Waals surface area contributed by atoms with Crippen LogP contribution in [0, 0.1) is 5.41 Å². The molecule has 7 heteroatoms. The Hall–Kier alpha value is -2.18. The molecule has 1 heterocycles. The number of nitrogens with one attached hydrogen (secondary N) is 1. The summed E-state index contributed by atoms with van der Waals surface area (Å²) in [6, 6.07) is 0. The van der Waals surface area contributed by atoms with E-state index in [1.807, 2.05) is 0 Å². The maximum atomic E-state index is 12.4. The largest absolute Gasteiger partial charge is 0.382 e. The number of aromatic nitrogens is 2. The molecule has 0 spiro atoms. The second-order valence-electron chi connectivity index (χ2n) is 5.66. The summed E-state index contributed by atoms with van der Waals surface area (Å²) in [5.74, 6) is -0.236. The summed E-state index contributed by atoms with van der Waals surface area (Å²) in [5, 5.41) is 2.79. The molecule has 0 bridgehead atoms. The zero-order valence-electron chi connectivity index (χ0n) is 12.4.